The fourth-order valence-corrected chi connectivity index (χ4v) is 4.85. The van der Waals surface area contributed by atoms with Crippen molar-refractivity contribution < 1.29 is 19.1 Å². The number of hydrazine groups is 1. The first-order valence-electron chi connectivity index (χ1n) is 11.9. The van der Waals surface area contributed by atoms with Crippen LogP contribution in [0.25, 0.3) is 0 Å². The lowest BCUT2D eigenvalue weighted by molar-refractivity contribution is -0.185. The molecule has 2 heterocycles. The molecule has 2 aliphatic rings. The molecule has 9 heteroatoms. The van der Waals surface area contributed by atoms with Gasteiger partial charge < -0.3 is 19.9 Å². The molecule has 2 aliphatic heterocycles. The van der Waals surface area contributed by atoms with E-state index in [1.165, 1.54) is 0 Å². The van der Waals surface area contributed by atoms with Crippen molar-refractivity contribution in [3.05, 3.63) is 65.7 Å². The van der Waals surface area contributed by atoms with Crippen molar-refractivity contribution in [2.24, 2.45) is 0 Å². The number of ether oxygens (including phenoxy) is 1. The highest BCUT2D eigenvalue weighted by Crippen LogP contribution is 2.27. The maximum atomic E-state index is 13.3. The molecule has 0 spiro atoms. The fraction of sp³-hybridized carbons (Fsp3) is 0.423. The number of carbonyl (C=O) groups excluding carboxylic acids is 3. The van der Waals surface area contributed by atoms with Crippen molar-refractivity contribution in [2.75, 3.05) is 33.8 Å². The molecule has 9 nitrogen and oxygen atoms in total. The standard InChI is InChI=1S/C26H33N5O4/c1-18(21-8-6-5-7-9-21)15-29-16-23-30(19(2)25(29)33)24(32)17-28(3)31(23)26(34)27-14-20-10-12-22(35-4)13-11-20/h5-13,18-19,23H,14-17H2,1-4H3,(H,27,34)/t18?,19-,23-/m0/s1. The summed E-state index contributed by atoms with van der Waals surface area (Å²) in [6.07, 6.45) is -0.576. The smallest absolute Gasteiger partial charge is 0.334 e. The van der Waals surface area contributed by atoms with Gasteiger partial charge in [-0.15, -0.1) is 0 Å². The number of rotatable bonds is 6. The van der Waals surface area contributed by atoms with Gasteiger partial charge in [0.25, 0.3) is 0 Å². The maximum absolute atomic E-state index is 13.3. The SMILES string of the molecule is COc1ccc(CNC(=O)N2[C@H]3CN(CC(C)c4ccccc4)C(=O)[C@H](C)N3C(=O)CN2C)cc1. The molecule has 2 fully saturated rings. The number of nitrogens with zero attached hydrogens (tertiary/aromatic N) is 4. The average Bonchev–Trinajstić information content (AvgIpc) is 2.86. The highest BCUT2D eigenvalue weighted by atomic mass is 16.5. The van der Waals surface area contributed by atoms with Gasteiger partial charge in [0, 0.05) is 20.1 Å². The lowest BCUT2D eigenvalue weighted by atomic mass is 9.99. The number of hydrogen-bond acceptors (Lipinski definition) is 5. The minimum atomic E-state index is -0.644. The van der Waals surface area contributed by atoms with E-state index in [0.29, 0.717) is 13.1 Å². The van der Waals surface area contributed by atoms with E-state index in [4.69, 9.17) is 4.74 Å². The van der Waals surface area contributed by atoms with Gasteiger partial charge in [0.1, 0.15) is 18.0 Å². The van der Waals surface area contributed by atoms with Crippen molar-refractivity contribution in [1.29, 1.82) is 0 Å². The second-order valence-electron chi connectivity index (χ2n) is 9.18. The molecular weight excluding hydrogens is 446 g/mol. The van der Waals surface area contributed by atoms with Crippen LogP contribution in [-0.4, -0.2) is 83.7 Å². The Balaban J connectivity index is 1.50. The van der Waals surface area contributed by atoms with Crippen LogP contribution in [0.5, 0.6) is 5.75 Å². The third-order valence-corrected chi connectivity index (χ3v) is 6.77. The highest BCUT2D eigenvalue weighted by molar-refractivity contribution is 5.91. The molecule has 1 unspecified atom stereocenters. The average molecular weight is 480 g/mol. The van der Waals surface area contributed by atoms with E-state index >= 15 is 0 Å². The molecule has 4 amide bonds. The maximum Gasteiger partial charge on any atom is 0.334 e. The molecule has 1 N–H and O–H groups in total. The van der Waals surface area contributed by atoms with Crippen LogP contribution in [0.3, 0.4) is 0 Å². The summed E-state index contributed by atoms with van der Waals surface area (Å²) in [7, 11) is 3.33. The van der Waals surface area contributed by atoms with Crippen LogP contribution in [-0.2, 0) is 16.1 Å². The summed E-state index contributed by atoms with van der Waals surface area (Å²) in [6.45, 7) is 4.95. The molecule has 2 aromatic carbocycles. The van der Waals surface area contributed by atoms with Gasteiger partial charge in [-0.05, 0) is 36.1 Å². The number of nitrogens with one attached hydrogen (secondary N) is 1. The predicted molar refractivity (Wildman–Crippen MR) is 131 cm³/mol. The van der Waals surface area contributed by atoms with Crippen LogP contribution in [0.4, 0.5) is 4.79 Å². The number of benzene rings is 2. The molecule has 0 bridgehead atoms. The van der Waals surface area contributed by atoms with Gasteiger partial charge >= 0.3 is 6.03 Å². The van der Waals surface area contributed by atoms with Crippen LogP contribution in [0.2, 0.25) is 0 Å². The summed E-state index contributed by atoms with van der Waals surface area (Å²) < 4.78 is 5.19. The monoisotopic (exact) mass is 479 g/mol. The van der Waals surface area contributed by atoms with E-state index in [1.54, 1.807) is 40.9 Å². The van der Waals surface area contributed by atoms with Crippen LogP contribution >= 0.6 is 0 Å². The zero-order chi connectivity index (χ0) is 25.1. The number of carbonyl (C=O) groups is 3. The molecule has 0 aromatic heterocycles. The van der Waals surface area contributed by atoms with Crippen molar-refractivity contribution >= 4 is 17.8 Å². The van der Waals surface area contributed by atoms with Gasteiger partial charge in [0.2, 0.25) is 11.8 Å². The van der Waals surface area contributed by atoms with E-state index in [-0.39, 0.29) is 36.9 Å². The second kappa shape index (κ2) is 10.4. The molecule has 186 valence electrons. The molecule has 4 rings (SSSR count). The first kappa shape index (κ1) is 24.5. The molecule has 3 atom stereocenters. The zero-order valence-corrected chi connectivity index (χ0v) is 20.7. The predicted octanol–water partition coefficient (Wildman–Crippen LogP) is 2.26. The Morgan fingerprint density at radius 1 is 1.11 bits per heavy atom. The van der Waals surface area contributed by atoms with E-state index in [2.05, 4.69) is 12.2 Å². The molecule has 0 radical (unpaired) electrons. The third-order valence-electron chi connectivity index (χ3n) is 6.77. The van der Waals surface area contributed by atoms with E-state index in [0.717, 1.165) is 16.9 Å². The van der Waals surface area contributed by atoms with Crippen LogP contribution in [0.15, 0.2) is 54.6 Å². The van der Waals surface area contributed by atoms with Gasteiger partial charge in [0.05, 0.1) is 20.2 Å². The van der Waals surface area contributed by atoms with Gasteiger partial charge in [-0.2, -0.15) is 0 Å². The number of methoxy groups -OCH3 is 1. The zero-order valence-electron chi connectivity index (χ0n) is 20.7. The van der Waals surface area contributed by atoms with Gasteiger partial charge in [-0.25, -0.2) is 14.8 Å². The summed E-state index contributed by atoms with van der Waals surface area (Å²) in [6, 6.07) is 16.5. The molecule has 2 aromatic rings. The number of fused-ring (bicyclic) bond motifs is 1. The largest absolute Gasteiger partial charge is 0.497 e. The first-order chi connectivity index (χ1) is 16.8. The van der Waals surface area contributed by atoms with Gasteiger partial charge in [-0.3, -0.25) is 9.59 Å². The quantitative estimate of drug-likeness (QED) is 0.687. The fourth-order valence-electron chi connectivity index (χ4n) is 4.85. The molecular formula is C26H33N5O4. The van der Waals surface area contributed by atoms with E-state index in [1.807, 2.05) is 54.6 Å². The van der Waals surface area contributed by atoms with Crippen molar-refractivity contribution in [3.63, 3.8) is 0 Å². The van der Waals surface area contributed by atoms with Crippen LogP contribution in [0, 0.1) is 0 Å². The summed E-state index contributed by atoms with van der Waals surface area (Å²) in [5.41, 5.74) is 2.07. The van der Waals surface area contributed by atoms with E-state index < -0.39 is 12.2 Å². The topological polar surface area (TPSA) is 85.4 Å². The third kappa shape index (κ3) is 5.09. The number of hydrogen-bond donors (Lipinski definition) is 1. The Morgan fingerprint density at radius 3 is 2.46 bits per heavy atom. The van der Waals surface area contributed by atoms with Crippen LogP contribution < -0.4 is 10.1 Å². The second-order valence-corrected chi connectivity index (χ2v) is 9.18. The lowest BCUT2D eigenvalue weighted by Crippen LogP contribution is -2.75. The Labute approximate surface area is 206 Å². The van der Waals surface area contributed by atoms with Crippen molar-refractivity contribution in [2.45, 2.75) is 38.5 Å². The van der Waals surface area contributed by atoms with Crippen LogP contribution in [0.1, 0.15) is 30.9 Å². The minimum absolute atomic E-state index is 0.0322. The van der Waals surface area contributed by atoms with E-state index in [9.17, 15) is 14.4 Å². The Kier molecular flexibility index (Phi) is 7.25. The summed E-state index contributed by atoms with van der Waals surface area (Å²) in [5.74, 6) is 0.609. The molecule has 0 saturated carbocycles. The summed E-state index contributed by atoms with van der Waals surface area (Å²) in [4.78, 5) is 42.7. The van der Waals surface area contributed by atoms with Gasteiger partial charge in [-0.1, -0.05) is 49.4 Å². The number of likely N-dealkylation sites (N-methyl/N-ethyl adjacent to an activating group) is 1. The Morgan fingerprint density at radius 2 is 1.80 bits per heavy atom. The Bertz CT molecular complexity index is 1060. The number of amides is 4. The van der Waals surface area contributed by atoms with Crippen molar-refractivity contribution in [1.82, 2.24) is 25.1 Å². The molecule has 2 saturated heterocycles. The Hall–Kier alpha value is -3.59. The minimum Gasteiger partial charge on any atom is -0.497 e. The normalized spacial score (nSPS) is 21.5. The molecule has 35 heavy (non-hydrogen) atoms. The summed E-state index contributed by atoms with van der Waals surface area (Å²) >= 11 is 0. The van der Waals surface area contributed by atoms with Gasteiger partial charge in [0.15, 0.2) is 0 Å². The highest BCUT2D eigenvalue weighted by Gasteiger charge is 2.49. The first-order valence-corrected chi connectivity index (χ1v) is 11.9. The lowest BCUT2D eigenvalue weighted by Gasteiger charge is -2.54. The summed E-state index contributed by atoms with van der Waals surface area (Å²) in [5, 5.41) is 6.15. The van der Waals surface area contributed by atoms with Crippen molar-refractivity contribution in [3.8, 4) is 5.75 Å². The molecule has 0 aliphatic carbocycles. The number of piperazine rings is 1. The number of urea groups is 1.